The first kappa shape index (κ1) is 13.3. The van der Waals surface area contributed by atoms with Crippen LogP contribution in [0.2, 0.25) is 0 Å². The zero-order chi connectivity index (χ0) is 14.6. The average Bonchev–Trinajstić information content (AvgIpc) is 2.41. The van der Waals surface area contributed by atoms with Crippen molar-refractivity contribution >= 4 is 5.78 Å². The normalized spacial score (nSPS) is 35.6. The number of allylic oxidation sites excluding steroid dienone is 2. The van der Waals surface area contributed by atoms with Crippen molar-refractivity contribution in [3.8, 4) is 0 Å². The van der Waals surface area contributed by atoms with Gasteiger partial charge in [0.2, 0.25) is 0 Å². The van der Waals surface area contributed by atoms with E-state index in [0.717, 1.165) is 24.3 Å². The Balaban J connectivity index is 2.24. The van der Waals surface area contributed by atoms with Crippen LogP contribution in [0.1, 0.15) is 22.0 Å². The van der Waals surface area contributed by atoms with E-state index < -0.39 is 58.8 Å². The van der Waals surface area contributed by atoms with Crippen LogP contribution in [0.15, 0.2) is 24.3 Å². The van der Waals surface area contributed by atoms with Gasteiger partial charge in [0.05, 0.1) is 17.6 Å². The Kier molecular flexibility index (Phi) is 2.93. The summed E-state index contributed by atoms with van der Waals surface area (Å²) in [5, 5.41) is 10.1. The second kappa shape index (κ2) is 4.41. The van der Waals surface area contributed by atoms with Crippen LogP contribution >= 0.6 is 0 Å². The van der Waals surface area contributed by atoms with Gasteiger partial charge in [0.1, 0.15) is 24.0 Å². The lowest BCUT2D eigenvalue weighted by atomic mass is 9.67. The van der Waals surface area contributed by atoms with Gasteiger partial charge in [-0.05, 0) is 12.1 Å². The molecule has 106 valence electrons. The lowest BCUT2D eigenvalue weighted by molar-refractivity contribution is -0.00144. The molecule has 0 radical (unpaired) electrons. The van der Waals surface area contributed by atoms with Gasteiger partial charge < -0.3 is 5.11 Å². The van der Waals surface area contributed by atoms with E-state index in [1.165, 1.54) is 0 Å². The molecule has 0 heterocycles. The van der Waals surface area contributed by atoms with E-state index >= 15 is 0 Å². The second-order valence-electron chi connectivity index (χ2n) is 5.00. The van der Waals surface area contributed by atoms with Crippen molar-refractivity contribution in [1.29, 1.82) is 0 Å². The first-order valence-corrected chi connectivity index (χ1v) is 6.10. The third kappa shape index (κ3) is 1.64. The van der Waals surface area contributed by atoms with Crippen molar-refractivity contribution in [2.24, 2.45) is 11.8 Å². The number of carbonyl (C=O) groups is 1. The van der Waals surface area contributed by atoms with Gasteiger partial charge in [-0.3, -0.25) is 4.79 Å². The number of aliphatic hydroxyl groups is 1. The number of ketones is 1. The van der Waals surface area contributed by atoms with E-state index in [4.69, 9.17) is 0 Å². The van der Waals surface area contributed by atoms with E-state index in [2.05, 4.69) is 0 Å². The molecular weight excluding hydrogens is 276 g/mol. The summed E-state index contributed by atoms with van der Waals surface area (Å²) in [6.45, 7) is 0. The molecule has 1 aromatic carbocycles. The van der Waals surface area contributed by atoms with Crippen molar-refractivity contribution in [2.75, 3.05) is 0 Å². The predicted molar refractivity (Wildman–Crippen MR) is 61.6 cm³/mol. The number of Topliss-reactive ketones (excluding diaryl/α,β-unsaturated/α-hetero) is 1. The van der Waals surface area contributed by atoms with Gasteiger partial charge in [-0.2, -0.15) is 0 Å². The van der Waals surface area contributed by atoms with Gasteiger partial charge >= 0.3 is 0 Å². The highest BCUT2D eigenvalue weighted by Crippen LogP contribution is 2.46. The maximum Gasteiger partial charge on any atom is 0.173 e. The fourth-order valence-corrected chi connectivity index (χ4v) is 3.03. The summed E-state index contributed by atoms with van der Waals surface area (Å²) in [6, 6.07) is 1.49. The maximum atomic E-state index is 13.9. The number of rotatable bonds is 0. The molecule has 2 nitrogen and oxygen atoms in total. The number of hydrogen-bond acceptors (Lipinski definition) is 2. The molecule has 1 aromatic rings. The topological polar surface area (TPSA) is 37.3 Å². The molecule has 0 saturated carbocycles. The van der Waals surface area contributed by atoms with Crippen LogP contribution < -0.4 is 0 Å². The van der Waals surface area contributed by atoms with Crippen LogP contribution in [-0.2, 0) is 0 Å². The van der Waals surface area contributed by atoms with E-state index in [9.17, 15) is 27.5 Å². The SMILES string of the molecule is O=C1c2c(F)ccc(F)c2C(O)C2C(F)C=CC(F)C12. The largest absolute Gasteiger partial charge is 0.388 e. The highest BCUT2D eigenvalue weighted by atomic mass is 19.1. The summed E-state index contributed by atoms with van der Waals surface area (Å²) >= 11 is 0. The van der Waals surface area contributed by atoms with Crippen LogP contribution in [0.3, 0.4) is 0 Å². The molecule has 0 aliphatic heterocycles. The highest BCUT2D eigenvalue weighted by molar-refractivity contribution is 6.01. The van der Waals surface area contributed by atoms with Gasteiger partial charge in [-0.15, -0.1) is 0 Å². The summed E-state index contributed by atoms with van der Waals surface area (Å²) < 4.78 is 55.2. The average molecular weight is 286 g/mol. The van der Waals surface area contributed by atoms with Gasteiger partial charge in [-0.1, -0.05) is 12.2 Å². The standard InChI is InChI=1S/C14H10F4O2/c15-5-1-2-6(16)10-9(5)13(19)11-7(17)3-4-8(18)12(11)14(10)20/h1-6,9-10,13,19H. The molecule has 2 aliphatic rings. The Morgan fingerprint density at radius 2 is 1.60 bits per heavy atom. The molecule has 0 amide bonds. The predicted octanol–water partition coefficient (Wildman–Crippen LogP) is 2.67. The number of fused-ring (bicyclic) bond motifs is 2. The third-order valence-corrected chi connectivity index (χ3v) is 3.96. The minimum Gasteiger partial charge on any atom is -0.388 e. The van der Waals surface area contributed by atoms with Gasteiger partial charge in [-0.25, -0.2) is 17.6 Å². The Morgan fingerprint density at radius 3 is 2.30 bits per heavy atom. The minimum atomic E-state index is -1.83. The second-order valence-corrected chi connectivity index (χ2v) is 5.00. The highest BCUT2D eigenvalue weighted by Gasteiger charge is 2.51. The molecule has 6 heteroatoms. The molecular formula is C14H10F4O2. The first-order valence-electron chi connectivity index (χ1n) is 6.10. The lowest BCUT2D eigenvalue weighted by Gasteiger charge is -2.40. The molecule has 0 spiro atoms. The molecule has 0 saturated heterocycles. The van der Waals surface area contributed by atoms with Gasteiger partial charge in [0.15, 0.2) is 5.78 Å². The Bertz CT molecular complexity index is 613. The van der Waals surface area contributed by atoms with Gasteiger partial charge in [0, 0.05) is 11.5 Å². The molecule has 5 atom stereocenters. The van der Waals surface area contributed by atoms with Gasteiger partial charge in [0.25, 0.3) is 0 Å². The molecule has 3 rings (SSSR count). The summed E-state index contributed by atoms with van der Waals surface area (Å²) in [5.74, 6) is -6.02. The molecule has 5 unspecified atom stereocenters. The zero-order valence-electron chi connectivity index (χ0n) is 10.1. The summed E-state index contributed by atoms with van der Waals surface area (Å²) in [4.78, 5) is 12.2. The Morgan fingerprint density at radius 1 is 1.00 bits per heavy atom. The monoisotopic (exact) mass is 286 g/mol. The fourth-order valence-electron chi connectivity index (χ4n) is 3.03. The van der Waals surface area contributed by atoms with E-state index in [1.54, 1.807) is 0 Å². The van der Waals surface area contributed by atoms with E-state index in [-0.39, 0.29) is 0 Å². The van der Waals surface area contributed by atoms with Crippen molar-refractivity contribution in [1.82, 2.24) is 0 Å². The molecule has 0 fully saturated rings. The number of halogens is 4. The molecule has 0 bridgehead atoms. The van der Waals surface area contributed by atoms with E-state index in [0.29, 0.717) is 0 Å². The van der Waals surface area contributed by atoms with Crippen LogP contribution in [0.4, 0.5) is 17.6 Å². The Labute approximate surface area is 111 Å². The first-order chi connectivity index (χ1) is 9.43. The quantitative estimate of drug-likeness (QED) is 0.588. The van der Waals surface area contributed by atoms with Crippen molar-refractivity contribution in [3.63, 3.8) is 0 Å². The number of aliphatic hydroxyl groups excluding tert-OH is 1. The van der Waals surface area contributed by atoms with Crippen LogP contribution in [0, 0.1) is 23.5 Å². The molecule has 20 heavy (non-hydrogen) atoms. The maximum absolute atomic E-state index is 13.9. The summed E-state index contributed by atoms with van der Waals surface area (Å²) in [5.41, 5.74) is -1.26. The zero-order valence-corrected chi connectivity index (χ0v) is 10.1. The summed E-state index contributed by atoms with van der Waals surface area (Å²) in [7, 11) is 0. The van der Waals surface area contributed by atoms with Crippen molar-refractivity contribution in [3.05, 3.63) is 47.0 Å². The number of benzene rings is 1. The Hall–Kier alpha value is -1.69. The lowest BCUT2D eigenvalue weighted by Crippen LogP contribution is -2.46. The number of alkyl halides is 2. The third-order valence-electron chi connectivity index (χ3n) is 3.96. The van der Waals surface area contributed by atoms with Crippen LogP contribution in [0.25, 0.3) is 0 Å². The van der Waals surface area contributed by atoms with Crippen molar-refractivity contribution in [2.45, 2.75) is 18.4 Å². The fraction of sp³-hybridized carbons (Fsp3) is 0.357. The summed E-state index contributed by atoms with van der Waals surface area (Å²) in [6.07, 6.45) is -3.61. The van der Waals surface area contributed by atoms with Crippen molar-refractivity contribution < 1.29 is 27.5 Å². The number of hydrogen-bond donors (Lipinski definition) is 1. The number of carbonyl (C=O) groups excluding carboxylic acids is 1. The molecule has 2 aliphatic carbocycles. The minimum absolute atomic E-state index is 0.582. The molecule has 1 N–H and O–H groups in total. The molecule has 0 aromatic heterocycles. The van der Waals surface area contributed by atoms with E-state index in [1.807, 2.05) is 0 Å². The van der Waals surface area contributed by atoms with Crippen LogP contribution in [-0.4, -0.2) is 23.2 Å². The smallest absolute Gasteiger partial charge is 0.173 e. The van der Waals surface area contributed by atoms with Crippen LogP contribution in [0.5, 0.6) is 0 Å².